The molecule has 3 heteroatoms. The lowest BCUT2D eigenvalue weighted by Crippen LogP contribution is -2.31. The standard InChI is InChI=1S/C12H20N2O/c1-3-13-11-6-7-14(8-11)9-12-5-4-10(2)15-12/h4-5,11,13H,3,6-9H2,1-2H3. The van der Waals surface area contributed by atoms with Crippen LogP contribution in [0.5, 0.6) is 0 Å². The highest BCUT2D eigenvalue weighted by atomic mass is 16.3. The summed E-state index contributed by atoms with van der Waals surface area (Å²) in [5.74, 6) is 2.09. The topological polar surface area (TPSA) is 28.4 Å². The molecule has 0 saturated carbocycles. The molecule has 1 atom stereocenters. The minimum Gasteiger partial charge on any atom is -0.465 e. The van der Waals surface area contributed by atoms with Gasteiger partial charge in [-0.05, 0) is 32.0 Å². The first-order valence-corrected chi connectivity index (χ1v) is 5.79. The number of nitrogens with one attached hydrogen (secondary N) is 1. The summed E-state index contributed by atoms with van der Waals surface area (Å²) in [5.41, 5.74) is 0. The van der Waals surface area contributed by atoms with Crippen molar-refractivity contribution in [3.8, 4) is 0 Å². The second kappa shape index (κ2) is 4.81. The highest BCUT2D eigenvalue weighted by Gasteiger charge is 2.21. The Labute approximate surface area is 91.4 Å². The van der Waals surface area contributed by atoms with Gasteiger partial charge in [0.15, 0.2) is 0 Å². The molecule has 1 aliphatic rings. The molecule has 0 aliphatic carbocycles. The Morgan fingerprint density at radius 1 is 1.53 bits per heavy atom. The third-order valence-corrected chi connectivity index (χ3v) is 2.94. The molecular formula is C12H20N2O. The maximum absolute atomic E-state index is 5.58. The summed E-state index contributed by atoms with van der Waals surface area (Å²) in [4.78, 5) is 2.45. The van der Waals surface area contributed by atoms with Crippen LogP contribution in [0.1, 0.15) is 24.9 Å². The summed E-state index contributed by atoms with van der Waals surface area (Å²) < 4.78 is 5.58. The van der Waals surface area contributed by atoms with Crippen molar-refractivity contribution in [2.45, 2.75) is 32.9 Å². The molecule has 0 radical (unpaired) electrons. The summed E-state index contributed by atoms with van der Waals surface area (Å²) in [7, 11) is 0. The van der Waals surface area contributed by atoms with Crippen molar-refractivity contribution in [1.82, 2.24) is 10.2 Å². The molecule has 1 aromatic heterocycles. The van der Waals surface area contributed by atoms with E-state index in [1.807, 2.05) is 13.0 Å². The first kappa shape index (κ1) is 10.7. The van der Waals surface area contributed by atoms with Crippen LogP contribution in [0.2, 0.25) is 0 Å². The lowest BCUT2D eigenvalue weighted by molar-refractivity contribution is 0.287. The van der Waals surface area contributed by atoms with Crippen molar-refractivity contribution in [2.75, 3.05) is 19.6 Å². The minimum absolute atomic E-state index is 0.672. The zero-order valence-corrected chi connectivity index (χ0v) is 9.62. The Morgan fingerprint density at radius 3 is 3.07 bits per heavy atom. The molecule has 84 valence electrons. The number of likely N-dealkylation sites (tertiary alicyclic amines) is 1. The highest BCUT2D eigenvalue weighted by molar-refractivity contribution is 5.05. The molecule has 0 amide bonds. The van der Waals surface area contributed by atoms with Crippen molar-refractivity contribution in [3.63, 3.8) is 0 Å². The second-order valence-electron chi connectivity index (χ2n) is 4.29. The van der Waals surface area contributed by atoms with E-state index in [-0.39, 0.29) is 0 Å². The Bertz CT molecular complexity index is 308. The SMILES string of the molecule is CCNC1CCN(Cc2ccc(C)o2)C1. The highest BCUT2D eigenvalue weighted by Crippen LogP contribution is 2.15. The minimum atomic E-state index is 0.672. The van der Waals surface area contributed by atoms with Crippen molar-refractivity contribution < 1.29 is 4.42 Å². The summed E-state index contributed by atoms with van der Waals surface area (Å²) in [5, 5.41) is 3.49. The average molecular weight is 208 g/mol. The van der Waals surface area contributed by atoms with Crippen LogP contribution in [0.25, 0.3) is 0 Å². The van der Waals surface area contributed by atoms with Gasteiger partial charge in [-0.1, -0.05) is 6.92 Å². The molecular weight excluding hydrogens is 188 g/mol. The van der Waals surface area contributed by atoms with Gasteiger partial charge < -0.3 is 9.73 Å². The molecule has 1 aliphatic heterocycles. The van der Waals surface area contributed by atoms with E-state index in [0.29, 0.717) is 6.04 Å². The van der Waals surface area contributed by atoms with Crippen molar-refractivity contribution in [1.29, 1.82) is 0 Å². The summed E-state index contributed by atoms with van der Waals surface area (Å²) in [6.45, 7) is 8.51. The van der Waals surface area contributed by atoms with Gasteiger partial charge in [0.1, 0.15) is 11.5 Å². The van der Waals surface area contributed by atoms with Crippen LogP contribution in [-0.4, -0.2) is 30.6 Å². The Kier molecular flexibility index (Phi) is 3.44. The van der Waals surface area contributed by atoms with Gasteiger partial charge in [-0.3, -0.25) is 4.90 Å². The van der Waals surface area contributed by atoms with E-state index in [4.69, 9.17) is 4.42 Å². The number of aryl methyl sites for hydroxylation is 1. The van der Waals surface area contributed by atoms with Gasteiger partial charge in [0.05, 0.1) is 6.54 Å². The van der Waals surface area contributed by atoms with Gasteiger partial charge >= 0.3 is 0 Å². The Balaban J connectivity index is 1.82. The van der Waals surface area contributed by atoms with Crippen LogP contribution in [0.3, 0.4) is 0 Å². The quantitative estimate of drug-likeness (QED) is 0.817. The van der Waals surface area contributed by atoms with E-state index in [1.54, 1.807) is 0 Å². The molecule has 1 unspecified atom stereocenters. The first-order chi connectivity index (χ1) is 7.28. The molecule has 1 N–H and O–H groups in total. The number of hydrogen-bond acceptors (Lipinski definition) is 3. The summed E-state index contributed by atoms with van der Waals surface area (Å²) in [6.07, 6.45) is 1.26. The summed E-state index contributed by atoms with van der Waals surface area (Å²) in [6, 6.07) is 4.79. The van der Waals surface area contributed by atoms with E-state index in [2.05, 4.69) is 23.2 Å². The first-order valence-electron chi connectivity index (χ1n) is 5.79. The van der Waals surface area contributed by atoms with E-state index in [1.165, 1.54) is 13.0 Å². The van der Waals surface area contributed by atoms with Crippen molar-refractivity contribution >= 4 is 0 Å². The molecule has 0 bridgehead atoms. The molecule has 1 fully saturated rings. The molecule has 2 rings (SSSR count). The lowest BCUT2D eigenvalue weighted by atomic mass is 10.3. The van der Waals surface area contributed by atoms with Gasteiger partial charge in [0.2, 0.25) is 0 Å². The van der Waals surface area contributed by atoms with Crippen LogP contribution in [0, 0.1) is 6.92 Å². The van der Waals surface area contributed by atoms with Crippen molar-refractivity contribution in [3.05, 3.63) is 23.7 Å². The fourth-order valence-electron chi connectivity index (χ4n) is 2.22. The Morgan fingerprint density at radius 2 is 2.40 bits per heavy atom. The maximum Gasteiger partial charge on any atom is 0.118 e. The molecule has 15 heavy (non-hydrogen) atoms. The van der Waals surface area contributed by atoms with Gasteiger partial charge in [0, 0.05) is 19.1 Å². The van der Waals surface area contributed by atoms with Crippen LogP contribution in [-0.2, 0) is 6.54 Å². The van der Waals surface area contributed by atoms with Gasteiger partial charge in [-0.25, -0.2) is 0 Å². The number of hydrogen-bond donors (Lipinski definition) is 1. The van der Waals surface area contributed by atoms with Gasteiger partial charge in [0.25, 0.3) is 0 Å². The monoisotopic (exact) mass is 208 g/mol. The maximum atomic E-state index is 5.58. The van der Waals surface area contributed by atoms with E-state index < -0.39 is 0 Å². The van der Waals surface area contributed by atoms with Crippen LogP contribution < -0.4 is 5.32 Å². The molecule has 0 aromatic carbocycles. The fraction of sp³-hybridized carbons (Fsp3) is 0.667. The normalized spacial score (nSPS) is 22.4. The van der Waals surface area contributed by atoms with E-state index in [9.17, 15) is 0 Å². The smallest absolute Gasteiger partial charge is 0.118 e. The molecule has 1 aromatic rings. The average Bonchev–Trinajstić information content (AvgIpc) is 2.78. The number of furan rings is 1. The van der Waals surface area contributed by atoms with Crippen LogP contribution in [0.4, 0.5) is 0 Å². The predicted molar refractivity (Wildman–Crippen MR) is 60.8 cm³/mol. The predicted octanol–water partition coefficient (Wildman–Crippen LogP) is 1.77. The number of rotatable bonds is 4. The number of likely N-dealkylation sites (N-methyl/N-ethyl adjacent to an activating group) is 1. The molecule has 2 heterocycles. The zero-order valence-electron chi connectivity index (χ0n) is 9.62. The van der Waals surface area contributed by atoms with Crippen LogP contribution in [0.15, 0.2) is 16.5 Å². The lowest BCUT2D eigenvalue weighted by Gasteiger charge is -2.14. The second-order valence-corrected chi connectivity index (χ2v) is 4.29. The largest absolute Gasteiger partial charge is 0.465 e. The van der Waals surface area contributed by atoms with Crippen molar-refractivity contribution in [2.24, 2.45) is 0 Å². The Hall–Kier alpha value is -0.800. The fourth-order valence-corrected chi connectivity index (χ4v) is 2.22. The van der Waals surface area contributed by atoms with Gasteiger partial charge in [-0.2, -0.15) is 0 Å². The molecule has 1 saturated heterocycles. The molecule has 0 spiro atoms. The third kappa shape index (κ3) is 2.83. The van der Waals surface area contributed by atoms with Gasteiger partial charge in [-0.15, -0.1) is 0 Å². The van der Waals surface area contributed by atoms with E-state index >= 15 is 0 Å². The molecule has 3 nitrogen and oxygen atoms in total. The number of nitrogens with zero attached hydrogens (tertiary/aromatic N) is 1. The third-order valence-electron chi connectivity index (χ3n) is 2.94. The summed E-state index contributed by atoms with van der Waals surface area (Å²) >= 11 is 0. The zero-order chi connectivity index (χ0) is 10.7. The van der Waals surface area contributed by atoms with Crippen LogP contribution >= 0.6 is 0 Å². The van der Waals surface area contributed by atoms with E-state index in [0.717, 1.165) is 31.2 Å².